The second-order valence-electron chi connectivity index (χ2n) is 4.38. The lowest BCUT2D eigenvalue weighted by atomic mass is 10.3. The molecule has 5 nitrogen and oxygen atoms in total. The summed E-state index contributed by atoms with van der Waals surface area (Å²) in [6, 6.07) is 4.69. The normalized spacial score (nSPS) is 14.9. The van der Waals surface area contributed by atoms with Crippen LogP contribution in [0.4, 0.5) is 4.39 Å². The van der Waals surface area contributed by atoms with Gasteiger partial charge in [-0.2, -0.15) is 4.99 Å². The number of terminal acetylenes is 1. The molecular weight excluding hydrogens is 307 g/mol. The molecule has 0 aliphatic carbocycles. The number of carbonyl (C=O) groups excluding carboxylic acids is 1. The van der Waals surface area contributed by atoms with E-state index in [4.69, 9.17) is 15.9 Å². The third-order valence-electron chi connectivity index (χ3n) is 2.96. The number of hydrogen-bond acceptors (Lipinski definition) is 4. The Morgan fingerprint density at radius 2 is 2.36 bits per heavy atom. The Morgan fingerprint density at radius 1 is 1.50 bits per heavy atom. The molecule has 1 aliphatic rings. The minimum atomic E-state index is -0.586. The molecule has 22 heavy (non-hydrogen) atoms. The van der Waals surface area contributed by atoms with Crippen LogP contribution in [-0.2, 0) is 20.8 Å². The Morgan fingerprint density at radius 3 is 3.09 bits per heavy atom. The first-order chi connectivity index (χ1) is 10.7. The number of halogens is 1. The molecule has 1 aliphatic heterocycles. The van der Waals surface area contributed by atoms with Gasteiger partial charge in [0.25, 0.3) is 0 Å². The molecule has 112 valence electrons. The summed E-state index contributed by atoms with van der Waals surface area (Å²) in [5, 5.41) is 0. The molecule has 1 amide bonds. The molecule has 0 bridgehead atoms. The number of aromatic nitrogens is 1. The van der Waals surface area contributed by atoms with Gasteiger partial charge in [-0.3, -0.25) is 4.79 Å². The molecule has 0 saturated carbocycles. The van der Waals surface area contributed by atoms with Gasteiger partial charge < -0.3 is 14.0 Å². The highest BCUT2D eigenvalue weighted by molar-refractivity contribution is 7.16. The van der Waals surface area contributed by atoms with Crippen LogP contribution >= 0.6 is 11.3 Å². The van der Waals surface area contributed by atoms with E-state index in [0.717, 1.165) is 0 Å². The number of hydrogen-bond donors (Lipinski definition) is 0. The molecule has 1 aromatic carbocycles. The van der Waals surface area contributed by atoms with E-state index in [0.29, 0.717) is 28.2 Å². The van der Waals surface area contributed by atoms with E-state index in [1.807, 2.05) is 0 Å². The van der Waals surface area contributed by atoms with Gasteiger partial charge in [-0.25, -0.2) is 4.39 Å². The molecule has 2 heterocycles. The topological polar surface area (TPSA) is 52.8 Å². The molecule has 0 radical (unpaired) electrons. The number of ether oxygens (including phenoxy) is 2. The van der Waals surface area contributed by atoms with E-state index in [1.54, 1.807) is 12.1 Å². The van der Waals surface area contributed by atoms with Crippen molar-refractivity contribution in [2.75, 3.05) is 13.2 Å². The average Bonchev–Trinajstić information content (AvgIpc) is 2.87. The molecule has 0 atom stereocenters. The van der Waals surface area contributed by atoms with E-state index in [9.17, 15) is 9.18 Å². The van der Waals surface area contributed by atoms with Gasteiger partial charge >= 0.3 is 5.91 Å². The van der Waals surface area contributed by atoms with Crippen LogP contribution in [0.3, 0.4) is 0 Å². The summed E-state index contributed by atoms with van der Waals surface area (Å²) >= 11 is 1.19. The molecule has 0 unspecified atom stereocenters. The Bertz CT molecular complexity index is 873. The minimum absolute atomic E-state index is 0.0245. The molecule has 0 N–H and O–H groups in total. The van der Waals surface area contributed by atoms with Crippen molar-refractivity contribution in [3.8, 4) is 12.3 Å². The van der Waals surface area contributed by atoms with Crippen LogP contribution in [0, 0.1) is 18.2 Å². The summed E-state index contributed by atoms with van der Waals surface area (Å²) in [6.07, 6.45) is 6.56. The summed E-state index contributed by atoms with van der Waals surface area (Å²) in [7, 11) is 0. The van der Waals surface area contributed by atoms with Crippen LogP contribution in [0.2, 0.25) is 0 Å². The van der Waals surface area contributed by atoms with Crippen LogP contribution in [0.15, 0.2) is 35.2 Å². The van der Waals surface area contributed by atoms with Gasteiger partial charge in [-0.1, -0.05) is 23.3 Å². The smallest absolute Gasteiger partial charge is 0.317 e. The standard InChI is InChI=1S/C15H11FN2O3S/c1-2-6-18-13-10(16)4-3-5-12(13)22-15(18)17-14(19)11-9-20-7-8-21-11/h1,3-5,9H,6-8H2. The SMILES string of the molecule is C#CCn1c(=NC(=O)C2=COCCO2)sc2cccc(F)c21. The number of nitrogens with zero attached hydrogens (tertiary/aromatic N) is 2. The van der Waals surface area contributed by atoms with Crippen molar-refractivity contribution in [1.29, 1.82) is 0 Å². The van der Waals surface area contributed by atoms with Gasteiger partial charge in [-0.05, 0) is 12.1 Å². The number of thiazole rings is 1. The van der Waals surface area contributed by atoms with Crippen molar-refractivity contribution in [2.24, 2.45) is 4.99 Å². The molecule has 0 fully saturated rings. The monoisotopic (exact) mass is 318 g/mol. The van der Waals surface area contributed by atoms with Crippen molar-refractivity contribution in [1.82, 2.24) is 4.57 Å². The van der Waals surface area contributed by atoms with E-state index in [2.05, 4.69) is 10.9 Å². The molecule has 2 aromatic rings. The van der Waals surface area contributed by atoms with Crippen molar-refractivity contribution in [3.63, 3.8) is 0 Å². The summed E-state index contributed by atoms with van der Waals surface area (Å²) < 4.78 is 26.4. The van der Waals surface area contributed by atoms with Crippen molar-refractivity contribution < 1.29 is 18.7 Å². The number of carbonyl (C=O) groups is 1. The number of benzene rings is 1. The quantitative estimate of drug-likeness (QED) is 0.793. The molecule has 1 aromatic heterocycles. The maximum Gasteiger partial charge on any atom is 0.317 e. The zero-order valence-corrected chi connectivity index (χ0v) is 12.2. The van der Waals surface area contributed by atoms with Gasteiger partial charge in [0.05, 0.1) is 16.8 Å². The number of rotatable bonds is 2. The molecule has 0 saturated heterocycles. The van der Waals surface area contributed by atoms with Gasteiger partial charge in [0.2, 0.25) is 5.76 Å². The Labute approximate surface area is 129 Å². The minimum Gasteiger partial charge on any atom is -0.494 e. The Balaban J connectivity index is 2.14. The highest BCUT2D eigenvalue weighted by atomic mass is 32.1. The summed E-state index contributed by atoms with van der Waals surface area (Å²) in [5.74, 6) is 1.47. The number of fused-ring (bicyclic) bond motifs is 1. The first-order valence-corrected chi connectivity index (χ1v) is 7.27. The summed E-state index contributed by atoms with van der Waals surface area (Å²) in [6.45, 7) is 0.796. The van der Waals surface area contributed by atoms with E-state index in [1.165, 1.54) is 28.2 Å². The highest BCUT2D eigenvalue weighted by Crippen LogP contribution is 2.20. The maximum atomic E-state index is 14.0. The van der Waals surface area contributed by atoms with Crippen molar-refractivity contribution >= 4 is 27.5 Å². The lowest BCUT2D eigenvalue weighted by molar-refractivity contribution is -0.119. The van der Waals surface area contributed by atoms with Gasteiger partial charge in [0.1, 0.15) is 25.3 Å². The maximum absolute atomic E-state index is 14.0. The second kappa shape index (κ2) is 6.03. The van der Waals surface area contributed by atoms with Crippen LogP contribution < -0.4 is 4.80 Å². The van der Waals surface area contributed by atoms with Crippen LogP contribution in [0.25, 0.3) is 10.2 Å². The highest BCUT2D eigenvalue weighted by Gasteiger charge is 2.16. The molecule has 0 spiro atoms. The van der Waals surface area contributed by atoms with Crippen molar-refractivity contribution in [3.05, 3.63) is 40.8 Å². The fourth-order valence-corrected chi connectivity index (χ4v) is 3.07. The second-order valence-corrected chi connectivity index (χ2v) is 5.39. The Hall–Kier alpha value is -2.59. The summed E-state index contributed by atoms with van der Waals surface area (Å²) in [4.78, 5) is 16.4. The van der Waals surface area contributed by atoms with Gasteiger partial charge in [0, 0.05) is 0 Å². The first kappa shape index (κ1) is 14.4. The molecule has 7 heteroatoms. The van der Waals surface area contributed by atoms with Crippen LogP contribution in [-0.4, -0.2) is 23.7 Å². The molecular formula is C15H11FN2O3S. The predicted octanol–water partition coefficient (Wildman–Crippen LogP) is 1.79. The third kappa shape index (κ3) is 2.61. The number of para-hydroxylation sites is 1. The fraction of sp³-hybridized carbons (Fsp3) is 0.200. The predicted molar refractivity (Wildman–Crippen MR) is 79.2 cm³/mol. The van der Waals surface area contributed by atoms with E-state index >= 15 is 0 Å². The lowest BCUT2D eigenvalue weighted by Gasteiger charge is -2.12. The van der Waals surface area contributed by atoms with Crippen LogP contribution in [0.1, 0.15) is 0 Å². The largest absolute Gasteiger partial charge is 0.494 e. The first-order valence-electron chi connectivity index (χ1n) is 6.45. The lowest BCUT2D eigenvalue weighted by Crippen LogP contribution is -2.20. The number of amides is 1. The summed E-state index contributed by atoms with van der Waals surface area (Å²) in [5.41, 5.74) is 0.340. The van der Waals surface area contributed by atoms with Crippen molar-refractivity contribution in [2.45, 2.75) is 6.54 Å². The molecule has 3 rings (SSSR count). The van der Waals surface area contributed by atoms with Gasteiger partial charge in [0.15, 0.2) is 4.80 Å². The zero-order valence-electron chi connectivity index (χ0n) is 11.4. The van der Waals surface area contributed by atoms with Crippen LogP contribution in [0.5, 0.6) is 0 Å². The fourth-order valence-electron chi connectivity index (χ4n) is 2.03. The van der Waals surface area contributed by atoms with E-state index in [-0.39, 0.29) is 12.3 Å². The third-order valence-corrected chi connectivity index (χ3v) is 4.00. The van der Waals surface area contributed by atoms with Gasteiger partial charge in [-0.15, -0.1) is 6.42 Å². The van der Waals surface area contributed by atoms with E-state index < -0.39 is 11.7 Å². The zero-order chi connectivity index (χ0) is 15.5. The average molecular weight is 318 g/mol. The Kier molecular flexibility index (Phi) is 3.94.